The van der Waals surface area contributed by atoms with Crippen molar-refractivity contribution in [3.05, 3.63) is 83.7 Å². The highest BCUT2D eigenvalue weighted by Crippen LogP contribution is 2.20. The smallest absolute Gasteiger partial charge is 0.255 e. The van der Waals surface area contributed by atoms with Crippen LogP contribution in [0.3, 0.4) is 0 Å². The van der Waals surface area contributed by atoms with E-state index in [4.69, 9.17) is 4.74 Å². The molecule has 2 aromatic carbocycles. The lowest BCUT2D eigenvalue weighted by Gasteiger charge is -2.10. The molecule has 3 aromatic rings. The Morgan fingerprint density at radius 1 is 0.852 bits per heavy atom. The molecule has 0 atom stereocenters. The van der Waals surface area contributed by atoms with Crippen LogP contribution in [0.1, 0.15) is 26.3 Å². The molecule has 2 N–H and O–H groups in total. The first-order valence-corrected chi connectivity index (χ1v) is 8.34. The standard InChI is InChI=1S/C21H19N3O3/c1-14-6-7-16(13-19(14)27-2)21(26)24-18-5-3-4-15(12-18)20(25)23-17-8-10-22-11-9-17/h3-13H,1-2H3,(H,24,26)(H,22,23,25). The molecule has 0 bridgehead atoms. The highest BCUT2D eigenvalue weighted by molar-refractivity contribution is 6.07. The van der Waals surface area contributed by atoms with Crippen LogP contribution in [0, 0.1) is 6.92 Å². The number of rotatable bonds is 5. The Labute approximate surface area is 157 Å². The number of carbonyl (C=O) groups excluding carboxylic acids is 2. The minimum absolute atomic E-state index is 0.269. The summed E-state index contributed by atoms with van der Waals surface area (Å²) in [6.45, 7) is 1.91. The lowest BCUT2D eigenvalue weighted by atomic mass is 10.1. The maximum atomic E-state index is 12.5. The summed E-state index contributed by atoms with van der Waals surface area (Å²) in [6.07, 6.45) is 3.20. The molecule has 2 amide bonds. The van der Waals surface area contributed by atoms with Gasteiger partial charge in [-0.2, -0.15) is 0 Å². The largest absolute Gasteiger partial charge is 0.496 e. The van der Waals surface area contributed by atoms with Crippen molar-refractivity contribution in [3.63, 3.8) is 0 Å². The molecule has 0 radical (unpaired) electrons. The van der Waals surface area contributed by atoms with Crippen molar-refractivity contribution in [3.8, 4) is 5.75 Å². The summed E-state index contributed by atoms with van der Waals surface area (Å²) in [5.41, 5.74) is 3.04. The van der Waals surface area contributed by atoms with E-state index in [0.717, 1.165) is 5.56 Å². The number of hydrogen-bond donors (Lipinski definition) is 2. The van der Waals surface area contributed by atoms with E-state index in [1.54, 1.807) is 68.0 Å². The molecular formula is C21H19N3O3. The van der Waals surface area contributed by atoms with Crippen LogP contribution in [-0.4, -0.2) is 23.9 Å². The van der Waals surface area contributed by atoms with Crippen molar-refractivity contribution in [1.29, 1.82) is 0 Å². The third-order valence-electron chi connectivity index (χ3n) is 3.99. The second kappa shape index (κ2) is 8.14. The Morgan fingerprint density at radius 3 is 2.22 bits per heavy atom. The molecule has 0 unspecified atom stereocenters. The third kappa shape index (κ3) is 4.49. The molecule has 1 heterocycles. The second-order valence-electron chi connectivity index (χ2n) is 5.91. The molecule has 0 saturated heterocycles. The van der Waals surface area contributed by atoms with Gasteiger partial charge in [0, 0.05) is 34.9 Å². The van der Waals surface area contributed by atoms with Gasteiger partial charge in [-0.3, -0.25) is 14.6 Å². The maximum absolute atomic E-state index is 12.5. The van der Waals surface area contributed by atoms with E-state index in [0.29, 0.717) is 28.3 Å². The molecular weight excluding hydrogens is 342 g/mol. The highest BCUT2D eigenvalue weighted by Gasteiger charge is 2.11. The van der Waals surface area contributed by atoms with E-state index in [-0.39, 0.29) is 11.8 Å². The number of ether oxygens (including phenoxy) is 1. The van der Waals surface area contributed by atoms with Gasteiger partial charge in [-0.15, -0.1) is 0 Å². The van der Waals surface area contributed by atoms with Crippen molar-refractivity contribution in [2.45, 2.75) is 6.92 Å². The van der Waals surface area contributed by atoms with Crippen LogP contribution in [0.5, 0.6) is 5.75 Å². The van der Waals surface area contributed by atoms with Gasteiger partial charge in [0.2, 0.25) is 0 Å². The SMILES string of the molecule is COc1cc(C(=O)Nc2cccc(C(=O)Nc3ccncc3)c2)ccc1C. The van der Waals surface area contributed by atoms with E-state index >= 15 is 0 Å². The summed E-state index contributed by atoms with van der Waals surface area (Å²) < 4.78 is 5.26. The number of amides is 2. The Kier molecular flexibility index (Phi) is 5.47. The first-order chi connectivity index (χ1) is 13.1. The van der Waals surface area contributed by atoms with Crippen LogP contribution in [0.2, 0.25) is 0 Å². The number of anilines is 2. The van der Waals surface area contributed by atoms with Crippen molar-refractivity contribution in [2.24, 2.45) is 0 Å². The fourth-order valence-electron chi connectivity index (χ4n) is 2.54. The predicted octanol–water partition coefficient (Wildman–Crippen LogP) is 3.90. The van der Waals surface area contributed by atoms with Crippen LogP contribution >= 0.6 is 0 Å². The molecule has 0 aliphatic rings. The van der Waals surface area contributed by atoms with Gasteiger partial charge < -0.3 is 15.4 Å². The van der Waals surface area contributed by atoms with Crippen molar-refractivity contribution < 1.29 is 14.3 Å². The summed E-state index contributed by atoms with van der Waals surface area (Å²) in [5.74, 6) is 0.0995. The van der Waals surface area contributed by atoms with E-state index < -0.39 is 0 Å². The number of aryl methyl sites for hydroxylation is 1. The van der Waals surface area contributed by atoms with E-state index in [2.05, 4.69) is 15.6 Å². The minimum atomic E-state index is -0.278. The number of carbonyl (C=O) groups is 2. The number of pyridine rings is 1. The lowest BCUT2D eigenvalue weighted by Crippen LogP contribution is -2.14. The molecule has 0 saturated carbocycles. The molecule has 27 heavy (non-hydrogen) atoms. The van der Waals surface area contributed by atoms with Crippen LogP contribution in [0.4, 0.5) is 11.4 Å². The summed E-state index contributed by atoms with van der Waals surface area (Å²) in [7, 11) is 1.56. The molecule has 0 spiro atoms. The van der Waals surface area contributed by atoms with Crippen LogP contribution < -0.4 is 15.4 Å². The van der Waals surface area contributed by atoms with Gasteiger partial charge in [0.15, 0.2) is 0 Å². The fraction of sp³-hybridized carbons (Fsp3) is 0.0952. The molecule has 0 aliphatic heterocycles. The topological polar surface area (TPSA) is 80.3 Å². The first-order valence-electron chi connectivity index (χ1n) is 8.34. The van der Waals surface area contributed by atoms with Crippen molar-refractivity contribution >= 4 is 23.2 Å². The molecule has 136 valence electrons. The lowest BCUT2D eigenvalue weighted by molar-refractivity contribution is 0.101. The monoisotopic (exact) mass is 361 g/mol. The van der Waals surface area contributed by atoms with Crippen molar-refractivity contribution in [1.82, 2.24) is 4.98 Å². The maximum Gasteiger partial charge on any atom is 0.255 e. The summed E-state index contributed by atoms with van der Waals surface area (Å²) >= 11 is 0. The number of nitrogens with one attached hydrogen (secondary N) is 2. The number of aromatic nitrogens is 1. The van der Waals surface area contributed by atoms with Crippen LogP contribution in [0.25, 0.3) is 0 Å². The number of benzene rings is 2. The summed E-state index contributed by atoms with van der Waals surface area (Å²) in [5, 5.41) is 5.59. The zero-order valence-electron chi connectivity index (χ0n) is 15.0. The predicted molar refractivity (Wildman–Crippen MR) is 104 cm³/mol. The zero-order chi connectivity index (χ0) is 19.2. The number of hydrogen-bond acceptors (Lipinski definition) is 4. The molecule has 1 aromatic heterocycles. The zero-order valence-corrected chi connectivity index (χ0v) is 15.0. The minimum Gasteiger partial charge on any atom is -0.496 e. The van der Waals surface area contributed by atoms with Crippen LogP contribution in [0.15, 0.2) is 67.0 Å². The Hall–Kier alpha value is -3.67. The average Bonchev–Trinajstić information content (AvgIpc) is 2.69. The quantitative estimate of drug-likeness (QED) is 0.722. The van der Waals surface area contributed by atoms with Gasteiger partial charge in [0.1, 0.15) is 5.75 Å². The Bertz CT molecular complexity index is 971. The van der Waals surface area contributed by atoms with Gasteiger partial charge in [-0.1, -0.05) is 12.1 Å². The van der Waals surface area contributed by atoms with E-state index in [9.17, 15) is 9.59 Å². The molecule has 6 nitrogen and oxygen atoms in total. The van der Waals surface area contributed by atoms with E-state index in [1.807, 2.05) is 13.0 Å². The van der Waals surface area contributed by atoms with Crippen molar-refractivity contribution in [2.75, 3.05) is 17.7 Å². The Morgan fingerprint density at radius 2 is 1.52 bits per heavy atom. The molecule has 6 heteroatoms. The Balaban J connectivity index is 1.73. The third-order valence-corrected chi connectivity index (χ3v) is 3.99. The normalized spacial score (nSPS) is 10.1. The van der Waals surface area contributed by atoms with Gasteiger partial charge >= 0.3 is 0 Å². The molecule has 0 fully saturated rings. The number of nitrogens with zero attached hydrogens (tertiary/aromatic N) is 1. The van der Waals surface area contributed by atoms with Gasteiger partial charge in [0.05, 0.1) is 7.11 Å². The van der Waals surface area contributed by atoms with Gasteiger partial charge in [0.25, 0.3) is 11.8 Å². The fourth-order valence-corrected chi connectivity index (χ4v) is 2.54. The second-order valence-corrected chi connectivity index (χ2v) is 5.91. The average molecular weight is 361 g/mol. The molecule has 0 aliphatic carbocycles. The van der Waals surface area contributed by atoms with Gasteiger partial charge in [-0.05, 0) is 55.0 Å². The first kappa shape index (κ1) is 18.1. The highest BCUT2D eigenvalue weighted by atomic mass is 16.5. The summed E-state index contributed by atoms with van der Waals surface area (Å²) in [4.78, 5) is 28.8. The summed E-state index contributed by atoms with van der Waals surface area (Å²) in [6, 6.07) is 15.4. The van der Waals surface area contributed by atoms with Crippen LogP contribution in [-0.2, 0) is 0 Å². The van der Waals surface area contributed by atoms with E-state index in [1.165, 1.54) is 0 Å². The van der Waals surface area contributed by atoms with Gasteiger partial charge in [-0.25, -0.2) is 0 Å². The molecule has 3 rings (SSSR count). The number of methoxy groups -OCH3 is 1.